The van der Waals surface area contributed by atoms with Gasteiger partial charge in [0.15, 0.2) is 22.7 Å². The van der Waals surface area contributed by atoms with Crippen LogP contribution in [0.25, 0.3) is 57.3 Å². The number of ketones is 2. The molecule has 2 N–H and O–H groups in total. The molecule has 13 rings (SSSR count). The highest BCUT2D eigenvalue weighted by molar-refractivity contribution is 6.31. The molecule has 2 aromatic heterocycles. The molecule has 412 valence electrons. The molecule has 83 heavy (non-hydrogen) atoms. The number of phenolic OH excluding ortho intramolecular Hbond substituents is 1. The number of oxazole rings is 2. The molecule has 2 aliphatic rings. The van der Waals surface area contributed by atoms with Gasteiger partial charge in [-0.1, -0.05) is 175 Å². The number of anilines is 2. The zero-order valence-corrected chi connectivity index (χ0v) is 47.9. The molecule has 0 fully saturated rings. The number of aryl methyl sites for hydroxylation is 3. The third-order valence-corrected chi connectivity index (χ3v) is 15.2. The molecule has 10 nitrogen and oxygen atoms in total. The SMILES string of the molecule is C(=C\c1ccc(-c2nc3ccccc3o2)cc1)/c1ccc(-c2nc3ccccc3o2)cc1.Cc1ccc(C2C(=O)Oc3c2cc(C(C)(C)C)cc3C(C)(C)C)cc1C.Cc1ccc(Nc2ccc(O)c3c2C(=O)c2ccccc2C3=O)cc1. The molecule has 0 bridgehead atoms. The molecule has 1 aliphatic carbocycles. The Bertz CT molecular complexity index is 4140. The Morgan fingerprint density at radius 3 is 1.58 bits per heavy atom. The Morgan fingerprint density at radius 1 is 0.530 bits per heavy atom. The van der Waals surface area contributed by atoms with E-state index >= 15 is 0 Å². The molecule has 0 spiro atoms. The number of aromatic hydroxyl groups is 1. The Hall–Kier alpha value is -9.93. The Kier molecular flexibility index (Phi) is 14.7. The maximum Gasteiger partial charge on any atom is 0.323 e. The van der Waals surface area contributed by atoms with E-state index in [9.17, 15) is 19.5 Å². The molecule has 0 saturated heterocycles. The summed E-state index contributed by atoms with van der Waals surface area (Å²) < 4.78 is 17.5. The number of aromatic nitrogens is 2. The van der Waals surface area contributed by atoms with E-state index < -0.39 is 0 Å². The van der Waals surface area contributed by atoms with Gasteiger partial charge in [-0.25, -0.2) is 9.97 Å². The van der Waals surface area contributed by atoms with Crippen molar-refractivity contribution in [3.63, 3.8) is 0 Å². The second kappa shape index (κ2) is 22.2. The van der Waals surface area contributed by atoms with Crippen LogP contribution in [0.5, 0.6) is 11.5 Å². The standard InChI is InChI=1S/C28H18N2O2.C24H30O2.C21H15NO3/c1-3-7-25-23(5-1)29-27(31-25)21-15-11-19(12-16-21)9-10-20-13-17-22(18-14-20)28-30-24-6-2-4-8-26(24)32-28;1-14-9-10-16(11-15(14)2)20-18-12-17(23(3,4)5)13-19(24(6,7)8)21(18)26-22(20)25;1-12-6-8-13(9-7-12)22-16-10-11-17(23)19-18(16)20(24)14-4-2-3-5-15(14)21(19)25/h1-18H;9-13,20H,1-8H3;2-11,22-23H,1H3/b10-9+;;. The van der Waals surface area contributed by atoms with Crippen molar-refractivity contribution in [1.82, 2.24) is 9.97 Å². The van der Waals surface area contributed by atoms with Crippen LogP contribution in [0.1, 0.15) is 129 Å². The monoisotopic (exact) mass is 1090 g/mol. The van der Waals surface area contributed by atoms with Gasteiger partial charge >= 0.3 is 5.97 Å². The van der Waals surface area contributed by atoms with Gasteiger partial charge in [0.2, 0.25) is 11.8 Å². The molecular weight excluding hydrogens is 1030 g/mol. The highest BCUT2D eigenvalue weighted by Crippen LogP contribution is 2.48. The molecular formula is C73H63N3O7. The molecule has 9 aromatic carbocycles. The third kappa shape index (κ3) is 11.4. The summed E-state index contributed by atoms with van der Waals surface area (Å²) in [7, 11) is 0. The summed E-state index contributed by atoms with van der Waals surface area (Å²) in [5.41, 5.74) is 17.6. The van der Waals surface area contributed by atoms with Crippen LogP contribution in [-0.4, -0.2) is 32.6 Å². The minimum Gasteiger partial charge on any atom is -0.507 e. The summed E-state index contributed by atoms with van der Waals surface area (Å²) in [5.74, 6) is 0.738. The maximum absolute atomic E-state index is 13.0. The summed E-state index contributed by atoms with van der Waals surface area (Å²) in [6.07, 6.45) is 4.18. The molecule has 0 radical (unpaired) electrons. The predicted octanol–water partition coefficient (Wildman–Crippen LogP) is 17.6. The fraction of sp³-hybridized carbons (Fsp3) is 0.164. The van der Waals surface area contributed by atoms with Gasteiger partial charge in [0.05, 0.1) is 16.8 Å². The van der Waals surface area contributed by atoms with Crippen molar-refractivity contribution in [3.8, 4) is 34.4 Å². The number of phenols is 1. The van der Waals surface area contributed by atoms with E-state index in [1.54, 1.807) is 30.3 Å². The van der Waals surface area contributed by atoms with Crippen LogP contribution in [-0.2, 0) is 15.6 Å². The molecule has 0 amide bonds. The molecule has 1 aliphatic heterocycles. The first-order valence-corrected chi connectivity index (χ1v) is 27.7. The normalized spacial score (nSPS) is 13.7. The number of fused-ring (bicyclic) bond motifs is 5. The number of ether oxygens (including phenoxy) is 1. The lowest BCUT2D eigenvalue weighted by Crippen LogP contribution is -2.22. The fourth-order valence-electron chi connectivity index (χ4n) is 10.3. The molecule has 10 heteroatoms. The molecule has 1 atom stereocenters. The second-order valence-corrected chi connectivity index (χ2v) is 23.3. The number of nitrogens with zero attached hydrogens (tertiary/aromatic N) is 2. The highest BCUT2D eigenvalue weighted by Gasteiger charge is 2.40. The van der Waals surface area contributed by atoms with Gasteiger partial charge in [-0.3, -0.25) is 14.4 Å². The smallest absolute Gasteiger partial charge is 0.323 e. The zero-order valence-electron chi connectivity index (χ0n) is 47.9. The number of hydrogen-bond donors (Lipinski definition) is 2. The number of carbonyl (C=O) groups is 3. The van der Waals surface area contributed by atoms with Crippen LogP contribution in [0.4, 0.5) is 11.4 Å². The van der Waals surface area contributed by atoms with Gasteiger partial charge in [-0.05, 0) is 138 Å². The van der Waals surface area contributed by atoms with E-state index in [2.05, 4.69) is 137 Å². The lowest BCUT2D eigenvalue weighted by atomic mass is 9.77. The second-order valence-electron chi connectivity index (χ2n) is 23.3. The lowest BCUT2D eigenvalue weighted by Gasteiger charge is -2.27. The van der Waals surface area contributed by atoms with E-state index in [0.29, 0.717) is 28.6 Å². The van der Waals surface area contributed by atoms with Gasteiger partial charge in [0.1, 0.15) is 28.5 Å². The van der Waals surface area contributed by atoms with Crippen molar-refractivity contribution in [2.24, 2.45) is 0 Å². The average Bonchev–Trinajstić information content (AvgIpc) is 4.06. The fourth-order valence-corrected chi connectivity index (χ4v) is 10.3. The summed E-state index contributed by atoms with van der Waals surface area (Å²) >= 11 is 0. The predicted molar refractivity (Wildman–Crippen MR) is 331 cm³/mol. The van der Waals surface area contributed by atoms with Crippen LogP contribution in [0.15, 0.2) is 197 Å². The quantitative estimate of drug-likeness (QED) is 0.0685. The first-order chi connectivity index (χ1) is 39.8. The lowest BCUT2D eigenvalue weighted by molar-refractivity contribution is -0.133. The molecule has 3 heterocycles. The molecule has 1 unspecified atom stereocenters. The minimum absolute atomic E-state index is 0.00834. The summed E-state index contributed by atoms with van der Waals surface area (Å²) in [4.78, 5) is 47.7. The van der Waals surface area contributed by atoms with Gasteiger partial charge in [-0.2, -0.15) is 0 Å². The Balaban J connectivity index is 0.000000132. The van der Waals surface area contributed by atoms with Crippen LogP contribution in [0.2, 0.25) is 0 Å². The molecule has 11 aromatic rings. The van der Waals surface area contributed by atoms with Crippen molar-refractivity contribution in [1.29, 1.82) is 0 Å². The van der Waals surface area contributed by atoms with E-state index in [0.717, 1.165) is 78.1 Å². The minimum atomic E-state index is -0.340. The van der Waals surface area contributed by atoms with Crippen LogP contribution in [0.3, 0.4) is 0 Å². The van der Waals surface area contributed by atoms with Crippen molar-refractivity contribution < 1.29 is 33.1 Å². The molecule has 0 saturated carbocycles. The van der Waals surface area contributed by atoms with Crippen molar-refractivity contribution in [2.75, 3.05) is 5.32 Å². The summed E-state index contributed by atoms with van der Waals surface area (Å²) in [5, 5.41) is 13.4. The number of nitrogens with one attached hydrogen (secondary N) is 1. The number of hydrogen-bond acceptors (Lipinski definition) is 10. The topological polar surface area (TPSA) is 145 Å². The van der Waals surface area contributed by atoms with E-state index in [4.69, 9.17) is 13.6 Å². The number of esters is 1. The van der Waals surface area contributed by atoms with Gasteiger partial charge in [-0.15, -0.1) is 0 Å². The van der Waals surface area contributed by atoms with Gasteiger partial charge in [0.25, 0.3) is 0 Å². The first kappa shape index (κ1) is 55.0. The number of rotatable bonds is 7. The van der Waals surface area contributed by atoms with Gasteiger partial charge in [0, 0.05) is 39.1 Å². The highest BCUT2D eigenvalue weighted by atomic mass is 16.5. The van der Waals surface area contributed by atoms with Crippen molar-refractivity contribution >= 4 is 63.3 Å². The number of benzene rings is 9. The first-order valence-electron chi connectivity index (χ1n) is 27.7. The number of para-hydroxylation sites is 4. The van der Waals surface area contributed by atoms with Crippen molar-refractivity contribution in [3.05, 3.63) is 260 Å². The van der Waals surface area contributed by atoms with Crippen LogP contribution in [0, 0.1) is 20.8 Å². The van der Waals surface area contributed by atoms with Crippen molar-refractivity contribution in [2.45, 2.75) is 79.1 Å². The van der Waals surface area contributed by atoms with Crippen LogP contribution >= 0.6 is 0 Å². The maximum atomic E-state index is 13.0. The summed E-state index contributed by atoms with van der Waals surface area (Å²) in [6, 6.07) is 60.1. The average molecular weight is 1090 g/mol. The number of carbonyl (C=O) groups excluding carboxylic acids is 3. The van der Waals surface area contributed by atoms with E-state index in [-0.39, 0.29) is 51.2 Å². The third-order valence-electron chi connectivity index (χ3n) is 15.2. The van der Waals surface area contributed by atoms with E-state index in [1.807, 2.05) is 104 Å². The summed E-state index contributed by atoms with van der Waals surface area (Å²) in [6.45, 7) is 19.3. The Morgan fingerprint density at radius 2 is 1.06 bits per heavy atom. The van der Waals surface area contributed by atoms with Gasteiger partial charge < -0.3 is 24.0 Å². The largest absolute Gasteiger partial charge is 0.507 e. The van der Waals surface area contributed by atoms with E-state index in [1.165, 1.54) is 22.8 Å². The Labute approximate surface area is 483 Å². The van der Waals surface area contributed by atoms with Crippen LogP contribution < -0.4 is 10.1 Å². The zero-order chi connectivity index (χ0) is 58.3.